The highest BCUT2D eigenvalue weighted by Gasteiger charge is 2.27. The van der Waals surface area contributed by atoms with Crippen LogP contribution in [-0.2, 0) is 17.1 Å². The van der Waals surface area contributed by atoms with Gasteiger partial charge in [0.2, 0.25) is 5.82 Å². The van der Waals surface area contributed by atoms with Crippen molar-refractivity contribution < 1.29 is 22.0 Å². The summed E-state index contributed by atoms with van der Waals surface area (Å²) in [7, 11) is -2.74. The van der Waals surface area contributed by atoms with Crippen LogP contribution < -0.4 is 4.72 Å². The summed E-state index contributed by atoms with van der Waals surface area (Å²) in [5, 5.41) is 0. The molecule has 2 aromatic carbocycles. The Morgan fingerprint density at radius 2 is 1.71 bits per heavy atom. The summed E-state index contributed by atoms with van der Waals surface area (Å²) < 4.78 is 56.7. The quantitative estimate of drug-likeness (QED) is 0.633. The number of sulfonamides is 1. The van der Waals surface area contributed by atoms with Gasteiger partial charge in [0.25, 0.3) is 10.0 Å². The van der Waals surface area contributed by atoms with Gasteiger partial charge in [-0.3, -0.25) is 4.79 Å². The molecular weight excluding hydrogens is 456 g/mol. The lowest BCUT2D eigenvalue weighted by atomic mass is 10.1. The molecule has 146 valence electrons. The molecule has 10 heteroatoms. The Kier molecular flexibility index (Phi) is 5.35. The van der Waals surface area contributed by atoms with Crippen LogP contribution in [0.15, 0.2) is 51.8 Å². The molecule has 0 aliphatic carbocycles. The lowest BCUT2D eigenvalue weighted by Gasteiger charge is -2.08. The van der Waals surface area contributed by atoms with Gasteiger partial charge in [-0.2, -0.15) is 0 Å². The van der Waals surface area contributed by atoms with Crippen LogP contribution in [0, 0.1) is 18.6 Å². The predicted octanol–water partition coefficient (Wildman–Crippen LogP) is 3.55. The molecule has 28 heavy (non-hydrogen) atoms. The van der Waals surface area contributed by atoms with Crippen molar-refractivity contribution in [1.29, 1.82) is 0 Å². The molecule has 1 amide bonds. The number of amides is 1. The minimum Gasteiger partial charge on any atom is -0.327 e. The monoisotopic (exact) mass is 469 g/mol. The summed E-state index contributed by atoms with van der Waals surface area (Å²) in [6.45, 7) is 1.52. The minimum absolute atomic E-state index is 0.0819. The van der Waals surface area contributed by atoms with Crippen molar-refractivity contribution in [2.24, 2.45) is 7.05 Å². The third-order valence-corrected chi connectivity index (χ3v) is 6.48. The van der Waals surface area contributed by atoms with E-state index < -0.39 is 27.6 Å². The van der Waals surface area contributed by atoms with Crippen molar-refractivity contribution in [2.75, 3.05) is 0 Å². The third kappa shape index (κ3) is 3.57. The normalized spacial score (nSPS) is 11.5. The SMILES string of the molecule is Cc1c(-c2c(F)cccc2F)nc(C(=O)NS(=O)(=O)c2ccccc2Br)n1C. The van der Waals surface area contributed by atoms with Gasteiger partial charge in [0.05, 0.1) is 11.3 Å². The fraction of sp³-hybridized carbons (Fsp3) is 0.111. The molecule has 0 fully saturated rings. The molecule has 0 saturated heterocycles. The highest BCUT2D eigenvalue weighted by molar-refractivity contribution is 9.10. The Hall–Kier alpha value is -2.59. The van der Waals surface area contributed by atoms with E-state index in [2.05, 4.69) is 20.9 Å². The zero-order chi connectivity index (χ0) is 20.6. The summed E-state index contributed by atoms with van der Waals surface area (Å²) in [5.74, 6) is -3.00. The second-order valence-electron chi connectivity index (χ2n) is 5.89. The number of nitrogens with one attached hydrogen (secondary N) is 1. The van der Waals surface area contributed by atoms with Gasteiger partial charge in [-0.05, 0) is 47.1 Å². The molecule has 0 saturated carbocycles. The van der Waals surface area contributed by atoms with Crippen LogP contribution in [0.1, 0.15) is 16.3 Å². The molecule has 0 spiro atoms. The van der Waals surface area contributed by atoms with Crippen LogP contribution in [-0.4, -0.2) is 23.9 Å². The molecule has 0 aliphatic heterocycles. The molecule has 0 atom stereocenters. The molecule has 0 aliphatic rings. The first-order valence-corrected chi connectivity index (χ1v) is 10.2. The first-order chi connectivity index (χ1) is 13.1. The molecule has 3 rings (SSSR count). The topological polar surface area (TPSA) is 81.1 Å². The number of aromatic nitrogens is 2. The van der Waals surface area contributed by atoms with Gasteiger partial charge >= 0.3 is 5.91 Å². The fourth-order valence-electron chi connectivity index (χ4n) is 2.63. The van der Waals surface area contributed by atoms with Crippen molar-refractivity contribution in [2.45, 2.75) is 11.8 Å². The Morgan fingerprint density at radius 1 is 1.11 bits per heavy atom. The Morgan fingerprint density at radius 3 is 2.32 bits per heavy atom. The summed E-state index contributed by atoms with van der Waals surface area (Å²) in [6.07, 6.45) is 0. The number of carbonyl (C=O) groups is 1. The van der Waals surface area contributed by atoms with Gasteiger partial charge in [0, 0.05) is 17.2 Å². The van der Waals surface area contributed by atoms with E-state index >= 15 is 0 Å². The van der Waals surface area contributed by atoms with Crippen LogP contribution >= 0.6 is 15.9 Å². The van der Waals surface area contributed by atoms with E-state index in [1.54, 1.807) is 6.07 Å². The van der Waals surface area contributed by atoms with E-state index in [4.69, 9.17) is 0 Å². The first-order valence-electron chi connectivity index (χ1n) is 7.93. The number of rotatable bonds is 4. The first kappa shape index (κ1) is 20.2. The maximum absolute atomic E-state index is 14.1. The standard InChI is InChI=1S/C18H14BrF2N3O3S/c1-10-16(15-12(20)7-5-8-13(15)21)22-17(24(10)2)18(25)23-28(26,27)14-9-4-3-6-11(14)19/h3-9H,1-2H3,(H,23,25). The largest absolute Gasteiger partial charge is 0.327 e. The Balaban J connectivity index is 2.02. The van der Waals surface area contributed by atoms with Crippen molar-refractivity contribution >= 4 is 31.9 Å². The number of hydrogen-bond donors (Lipinski definition) is 1. The number of nitrogens with zero attached hydrogens (tertiary/aromatic N) is 2. The zero-order valence-electron chi connectivity index (χ0n) is 14.7. The highest BCUT2D eigenvalue weighted by Crippen LogP contribution is 2.28. The van der Waals surface area contributed by atoms with Crippen molar-refractivity contribution in [3.8, 4) is 11.3 Å². The summed E-state index contributed by atoms with van der Waals surface area (Å²) in [4.78, 5) is 16.4. The van der Waals surface area contributed by atoms with Crippen LogP contribution in [0.2, 0.25) is 0 Å². The smallest absolute Gasteiger partial charge is 0.301 e. The average molecular weight is 470 g/mol. The number of hydrogen-bond acceptors (Lipinski definition) is 4. The fourth-order valence-corrected chi connectivity index (χ4v) is 4.58. The van der Waals surface area contributed by atoms with E-state index in [-0.39, 0.29) is 26.4 Å². The van der Waals surface area contributed by atoms with Gasteiger partial charge < -0.3 is 4.57 Å². The molecule has 0 unspecified atom stereocenters. The predicted molar refractivity (Wildman–Crippen MR) is 102 cm³/mol. The van der Waals surface area contributed by atoms with Crippen molar-refractivity contribution in [3.05, 3.63) is 70.1 Å². The summed E-state index contributed by atoms with van der Waals surface area (Å²) >= 11 is 3.12. The van der Waals surface area contributed by atoms with E-state index in [1.165, 1.54) is 42.8 Å². The van der Waals surface area contributed by atoms with E-state index in [1.807, 2.05) is 4.72 Å². The van der Waals surface area contributed by atoms with Gasteiger partial charge in [-0.1, -0.05) is 18.2 Å². The molecule has 6 nitrogen and oxygen atoms in total. The highest BCUT2D eigenvalue weighted by atomic mass is 79.9. The van der Waals surface area contributed by atoms with Crippen LogP contribution in [0.5, 0.6) is 0 Å². The van der Waals surface area contributed by atoms with Crippen molar-refractivity contribution in [3.63, 3.8) is 0 Å². The van der Waals surface area contributed by atoms with Gasteiger partial charge in [-0.15, -0.1) is 0 Å². The lowest BCUT2D eigenvalue weighted by Crippen LogP contribution is -2.32. The van der Waals surface area contributed by atoms with Crippen LogP contribution in [0.3, 0.4) is 0 Å². The molecular formula is C18H14BrF2N3O3S. The maximum atomic E-state index is 14.1. The summed E-state index contributed by atoms with van der Waals surface area (Å²) in [5.41, 5.74) is -0.169. The molecule has 1 aromatic heterocycles. The van der Waals surface area contributed by atoms with Crippen LogP contribution in [0.25, 0.3) is 11.3 Å². The van der Waals surface area contributed by atoms with Gasteiger partial charge in [0.1, 0.15) is 16.5 Å². The summed E-state index contributed by atoms with van der Waals surface area (Å²) in [6, 6.07) is 9.33. The molecule has 0 bridgehead atoms. The number of halogens is 3. The number of benzene rings is 2. The minimum atomic E-state index is -4.19. The molecule has 0 radical (unpaired) electrons. The number of carbonyl (C=O) groups excluding carboxylic acids is 1. The molecule has 1 N–H and O–H groups in total. The van der Waals surface area contributed by atoms with E-state index in [9.17, 15) is 22.0 Å². The lowest BCUT2D eigenvalue weighted by molar-refractivity contribution is 0.0968. The maximum Gasteiger partial charge on any atom is 0.301 e. The van der Waals surface area contributed by atoms with E-state index in [0.717, 1.165) is 12.1 Å². The zero-order valence-corrected chi connectivity index (χ0v) is 17.1. The second-order valence-corrected chi connectivity index (χ2v) is 8.40. The van der Waals surface area contributed by atoms with Gasteiger partial charge in [0.15, 0.2) is 0 Å². The molecule has 3 aromatic rings. The van der Waals surface area contributed by atoms with Gasteiger partial charge in [-0.25, -0.2) is 26.9 Å². The number of imidazole rings is 1. The average Bonchev–Trinajstić information content (AvgIpc) is 2.90. The Bertz CT molecular complexity index is 1170. The van der Waals surface area contributed by atoms with Crippen LogP contribution in [0.4, 0.5) is 8.78 Å². The third-order valence-electron chi connectivity index (χ3n) is 4.14. The van der Waals surface area contributed by atoms with E-state index in [0.29, 0.717) is 5.69 Å². The molecule has 1 heterocycles. The second kappa shape index (κ2) is 7.44. The Labute approximate surface area is 168 Å². The van der Waals surface area contributed by atoms with Crippen molar-refractivity contribution in [1.82, 2.24) is 14.3 Å².